The fourth-order valence-corrected chi connectivity index (χ4v) is 4.63. The predicted octanol–water partition coefficient (Wildman–Crippen LogP) is 3.37. The molecule has 2 aromatic carbocycles. The van der Waals surface area contributed by atoms with E-state index in [9.17, 15) is 19.2 Å². The molecule has 11 nitrogen and oxygen atoms in total. The molecule has 41 heavy (non-hydrogen) atoms. The van der Waals surface area contributed by atoms with Crippen LogP contribution in [0.4, 0.5) is 4.79 Å². The van der Waals surface area contributed by atoms with E-state index in [-0.39, 0.29) is 35.4 Å². The molecule has 0 radical (unpaired) electrons. The Morgan fingerprint density at radius 3 is 2.41 bits per heavy atom. The van der Waals surface area contributed by atoms with Gasteiger partial charge in [0.1, 0.15) is 11.6 Å². The fraction of sp³-hybridized carbons (Fsp3) is 0.433. The van der Waals surface area contributed by atoms with Gasteiger partial charge in [0.25, 0.3) is 5.89 Å². The molecule has 3 amide bonds. The van der Waals surface area contributed by atoms with E-state index in [0.717, 1.165) is 5.56 Å². The third-order valence-corrected chi connectivity index (χ3v) is 6.84. The Kier molecular flexibility index (Phi) is 10.1. The number of nitrogens with zero attached hydrogens (tertiary/aromatic N) is 2. The smallest absolute Gasteiger partial charge is 0.337 e. The Hall–Kier alpha value is -4.25. The highest BCUT2D eigenvalue weighted by Gasteiger charge is 2.31. The number of fused-ring (bicyclic) bond motifs is 1. The molecule has 1 unspecified atom stereocenters. The number of rotatable bonds is 11. The Morgan fingerprint density at radius 1 is 1.00 bits per heavy atom. The Balaban J connectivity index is 1.55. The second kappa shape index (κ2) is 13.9. The molecule has 2 heterocycles. The number of aromatic nitrogens is 1. The molecule has 3 aromatic rings. The average Bonchev–Trinajstić information content (AvgIpc) is 3.42. The molecule has 1 fully saturated rings. The predicted molar refractivity (Wildman–Crippen MR) is 151 cm³/mol. The zero-order valence-electron chi connectivity index (χ0n) is 23.6. The number of ketones is 1. The molecule has 0 saturated carbocycles. The molecule has 1 aliphatic rings. The van der Waals surface area contributed by atoms with E-state index < -0.39 is 29.7 Å². The summed E-state index contributed by atoms with van der Waals surface area (Å²) in [6.45, 7) is 5.68. The van der Waals surface area contributed by atoms with Crippen LogP contribution in [-0.4, -0.2) is 79.1 Å². The van der Waals surface area contributed by atoms with Crippen molar-refractivity contribution in [2.45, 2.75) is 45.2 Å². The zero-order valence-corrected chi connectivity index (χ0v) is 23.6. The second-order valence-corrected chi connectivity index (χ2v) is 10.4. The number of benzene rings is 2. The number of oxazole rings is 1. The Labute approximate surface area is 238 Å². The summed E-state index contributed by atoms with van der Waals surface area (Å²) in [5.74, 6) is -1.59. The summed E-state index contributed by atoms with van der Waals surface area (Å²) in [5, 5.41) is 5.71. The van der Waals surface area contributed by atoms with Gasteiger partial charge in [0.05, 0.1) is 31.9 Å². The molecule has 218 valence electrons. The van der Waals surface area contributed by atoms with Gasteiger partial charge in [-0.25, -0.2) is 14.6 Å². The number of hydrogen-bond acceptors (Lipinski definition) is 8. The van der Waals surface area contributed by atoms with E-state index in [1.54, 1.807) is 11.0 Å². The van der Waals surface area contributed by atoms with Crippen LogP contribution in [-0.2, 0) is 20.7 Å². The van der Waals surface area contributed by atoms with Crippen molar-refractivity contribution in [2.75, 3.05) is 33.4 Å². The standard InChI is InChI=1S/C30H36N4O7/c1-19(2)17-24(33-30(38)34-13-15-40-16-14-34)27(36)31-23(11-9-20-7-5-4-6-8-20)26(35)28-32-22-12-10-21(29(37)39-3)18-25(22)41-28/h4-8,10,12,18-19,23-24H,9,11,13-17H2,1-3H3,(H,31,36)(H,33,38)/t23?,24-/m0/s1. The van der Waals surface area contributed by atoms with Crippen molar-refractivity contribution in [3.63, 3.8) is 0 Å². The lowest BCUT2D eigenvalue weighted by atomic mass is 9.99. The van der Waals surface area contributed by atoms with E-state index in [1.807, 2.05) is 44.2 Å². The topological polar surface area (TPSA) is 140 Å². The van der Waals surface area contributed by atoms with Gasteiger partial charge in [0, 0.05) is 13.1 Å². The van der Waals surface area contributed by atoms with E-state index in [1.165, 1.54) is 19.2 Å². The van der Waals surface area contributed by atoms with Crippen LogP contribution in [0.1, 0.15) is 53.3 Å². The first kappa shape index (κ1) is 29.7. The van der Waals surface area contributed by atoms with Crippen LogP contribution in [0, 0.1) is 5.92 Å². The van der Waals surface area contributed by atoms with Crippen molar-refractivity contribution in [2.24, 2.45) is 5.92 Å². The fourth-order valence-electron chi connectivity index (χ4n) is 4.63. The normalized spacial score (nSPS) is 14.9. The monoisotopic (exact) mass is 564 g/mol. The van der Waals surface area contributed by atoms with Crippen molar-refractivity contribution in [3.8, 4) is 0 Å². The Morgan fingerprint density at radius 2 is 1.73 bits per heavy atom. The van der Waals surface area contributed by atoms with Crippen molar-refractivity contribution in [1.82, 2.24) is 20.5 Å². The molecule has 1 saturated heterocycles. The lowest BCUT2D eigenvalue weighted by Gasteiger charge is -2.30. The van der Waals surface area contributed by atoms with E-state index in [2.05, 4.69) is 15.6 Å². The lowest BCUT2D eigenvalue weighted by molar-refractivity contribution is -0.123. The SMILES string of the molecule is COC(=O)c1ccc2nc(C(=O)C(CCc3ccccc3)NC(=O)[C@H](CC(C)C)NC(=O)N3CCOCC3)oc2c1. The number of ether oxygens (including phenoxy) is 2. The summed E-state index contributed by atoms with van der Waals surface area (Å²) in [6.07, 6.45) is 1.19. The highest BCUT2D eigenvalue weighted by Crippen LogP contribution is 2.20. The second-order valence-electron chi connectivity index (χ2n) is 10.4. The Bertz CT molecular complexity index is 1370. The van der Waals surface area contributed by atoms with Crippen LogP contribution in [0.2, 0.25) is 0 Å². The van der Waals surface area contributed by atoms with Gasteiger partial charge < -0.3 is 29.4 Å². The number of nitrogens with one attached hydrogen (secondary N) is 2. The minimum atomic E-state index is -0.967. The number of Topliss-reactive ketones (excluding diaryl/α,β-unsaturated/α-hetero) is 1. The highest BCUT2D eigenvalue weighted by molar-refractivity contribution is 6.01. The molecule has 4 rings (SSSR count). The van der Waals surface area contributed by atoms with E-state index >= 15 is 0 Å². The zero-order chi connectivity index (χ0) is 29.4. The first-order chi connectivity index (χ1) is 19.7. The number of urea groups is 1. The van der Waals surface area contributed by atoms with Gasteiger partial charge in [-0.05, 0) is 48.9 Å². The summed E-state index contributed by atoms with van der Waals surface area (Å²) >= 11 is 0. The quantitative estimate of drug-likeness (QED) is 0.267. The molecule has 0 aliphatic carbocycles. The molecule has 1 aromatic heterocycles. The number of esters is 1. The molecule has 0 spiro atoms. The minimum absolute atomic E-state index is 0.107. The molecule has 2 N–H and O–H groups in total. The maximum absolute atomic E-state index is 13.7. The van der Waals surface area contributed by atoms with Gasteiger partial charge >= 0.3 is 12.0 Å². The third kappa shape index (κ3) is 7.91. The van der Waals surface area contributed by atoms with Crippen LogP contribution < -0.4 is 10.6 Å². The number of carbonyl (C=O) groups excluding carboxylic acids is 4. The molecule has 0 bridgehead atoms. The van der Waals surface area contributed by atoms with Gasteiger partial charge in [0.15, 0.2) is 5.58 Å². The van der Waals surface area contributed by atoms with Gasteiger partial charge in [-0.15, -0.1) is 0 Å². The molecular weight excluding hydrogens is 528 g/mol. The van der Waals surface area contributed by atoms with Crippen molar-refractivity contribution < 1.29 is 33.1 Å². The van der Waals surface area contributed by atoms with Crippen molar-refractivity contribution in [1.29, 1.82) is 0 Å². The summed E-state index contributed by atoms with van der Waals surface area (Å²) in [6, 6.07) is 12.0. The van der Waals surface area contributed by atoms with Crippen LogP contribution in [0.25, 0.3) is 11.1 Å². The first-order valence-corrected chi connectivity index (χ1v) is 13.8. The molecule has 2 atom stereocenters. The number of methoxy groups -OCH3 is 1. The molecular formula is C30H36N4O7. The summed E-state index contributed by atoms with van der Waals surface area (Å²) in [4.78, 5) is 58.0. The van der Waals surface area contributed by atoms with Gasteiger partial charge in [-0.3, -0.25) is 9.59 Å². The van der Waals surface area contributed by atoms with Crippen molar-refractivity contribution in [3.05, 3.63) is 65.5 Å². The van der Waals surface area contributed by atoms with Crippen LogP contribution in [0.5, 0.6) is 0 Å². The van der Waals surface area contributed by atoms with Gasteiger partial charge in [-0.1, -0.05) is 44.2 Å². The summed E-state index contributed by atoms with van der Waals surface area (Å²) in [5.41, 5.74) is 1.90. The third-order valence-electron chi connectivity index (χ3n) is 6.84. The number of morpholine rings is 1. The number of amides is 3. The van der Waals surface area contributed by atoms with Gasteiger partial charge in [-0.2, -0.15) is 0 Å². The molecule has 11 heteroatoms. The largest absolute Gasteiger partial charge is 0.465 e. The number of aryl methyl sites for hydroxylation is 1. The van der Waals surface area contributed by atoms with E-state index in [4.69, 9.17) is 13.9 Å². The average molecular weight is 565 g/mol. The summed E-state index contributed by atoms with van der Waals surface area (Å²) < 4.78 is 15.8. The molecule has 1 aliphatic heterocycles. The lowest BCUT2D eigenvalue weighted by Crippen LogP contribution is -2.56. The maximum Gasteiger partial charge on any atom is 0.337 e. The minimum Gasteiger partial charge on any atom is -0.465 e. The number of hydrogen-bond donors (Lipinski definition) is 2. The van der Waals surface area contributed by atoms with Crippen LogP contribution in [0.15, 0.2) is 52.9 Å². The first-order valence-electron chi connectivity index (χ1n) is 13.8. The number of carbonyl (C=O) groups is 4. The highest BCUT2D eigenvalue weighted by atomic mass is 16.5. The maximum atomic E-state index is 13.7. The van der Waals surface area contributed by atoms with Crippen LogP contribution in [0.3, 0.4) is 0 Å². The van der Waals surface area contributed by atoms with Crippen molar-refractivity contribution >= 4 is 34.8 Å². The van der Waals surface area contributed by atoms with Gasteiger partial charge in [0.2, 0.25) is 11.7 Å². The van der Waals surface area contributed by atoms with Crippen LogP contribution >= 0.6 is 0 Å². The van der Waals surface area contributed by atoms with E-state index in [0.29, 0.717) is 44.7 Å². The summed E-state index contributed by atoms with van der Waals surface area (Å²) in [7, 11) is 1.28.